The molecule has 3 aliphatic rings. The van der Waals surface area contributed by atoms with E-state index in [0.717, 1.165) is 33.4 Å². The van der Waals surface area contributed by atoms with Crippen molar-refractivity contribution in [3.63, 3.8) is 0 Å². The van der Waals surface area contributed by atoms with Gasteiger partial charge in [0.25, 0.3) is 0 Å². The molecule has 2 heterocycles. The molecule has 0 atom stereocenters. The van der Waals surface area contributed by atoms with Crippen molar-refractivity contribution in [3.05, 3.63) is 92.4 Å². The summed E-state index contributed by atoms with van der Waals surface area (Å²) in [6, 6.07) is 16.7. The molecule has 3 aromatic rings. The molecule has 6 rings (SSSR count). The number of benzene rings is 3. The summed E-state index contributed by atoms with van der Waals surface area (Å²) in [5.74, 6) is 0.0309. The minimum Gasteiger partial charge on any atom is -0.448 e. The quantitative estimate of drug-likeness (QED) is 0.133. The Hall–Kier alpha value is -3.98. The molecule has 234 valence electrons. The maximum atomic E-state index is 13.3. The molecule has 0 aromatic heterocycles. The van der Waals surface area contributed by atoms with Gasteiger partial charge in [-0.05, 0) is 104 Å². The van der Waals surface area contributed by atoms with Gasteiger partial charge >= 0.3 is 13.2 Å². The Morgan fingerprint density at radius 2 is 1.47 bits per heavy atom. The second-order valence-electron chi connectivity index (χ2n) is 13.4. The molecule has 0 N–H and O–H groups in total. The topological polar surface area (TPSA) is 100 Å². The van der Waals surface area contributed by atoms with Crippen LogP contribution in [0.5, 0.6) is 0 Å². The molecule has 2 aliphatic heterocycles. The number of nitrogens with zero attached hydrogens (tertiary/aromatic N) is 5. The highest BCUT2D eigenvalue weighted by Crippen LogP contribution is 2.45. The zero-order valence-corrected chi connectivity index (χ0v) is 27.4. The third-order valence-electron chi connectivity index (χ3n) is 10.4. The monoisotopic (exact) mass is 607 g/mol. The summed E-state index contributed by atoms with van der Waals surface area (Å²) < 4.78 is 19.0. The summed E-state index contributed by atoms with van der Waals surface area (Å²) in [7, 11) is -0.540. The molecule has 1 aliphatic carbocycles. The lowest BCUT2D eigenvalue weighted by Crippen LogP contribution is -2.50. The molecule has 0 spiro atoms. The maximum absolute atomic E-state index is 13.3. The van der Waals surface area contributed by atoms with Crippen LogP contribution in [0.1, 0.15) is 67.0 Å². The van der Waals surface area contributed by atoms with E-state index in [1.165, 1.54) is 22.3 Å². The first-order valence-electron chi connectivity index (χ1n) is 15.8. The van der Waals surface area contributed by atoms with E-state index in [1.807, 2.05) is 12.1 Å². The summed E-state index contributed by atoms with van der Waals surface area (Å²) in [5.41, 5.74) is 19.2. The highest BCUT2D eigenvalue weighted by molar-refractivity contribution is 6.63. The van der Waals surface area contributed by atoms with E-state index in [9.17, 15) is 4.79 Å². The van der Waals surface area contributed by atoms with Crippen molar-refractivity contribution in [2.24, 2.45) is 5.11 Å². The van der Waals surface area contributed by atoms with E-state index in [0.29, 0.717) is 32.8 Å². The van der Waals surface area contributed by atoms with Crippen LogP contribution in [-0.2, 0) is 20.6 Å². The number of ether oxygens (including phenoxy) is 1. The van der Waals surface area contributed by atoms with Crippen molar-refractivity contribution in [3.8, 4) is 11.1 Å². The Balaban J connectivity index is 1.20. The SMILES string of the molecule is Cc1c(CN=[N+]=[N-])c(C)c(N2CCN(C(=O)OCC3c4ccccc4-c4ccccc43)CC2)c(C)c1B1OC(C)(C)C(C)(C)O1. The Morgan fingerprint density at radius 1 is 0.911 bits per heavy atom. The highest BCUT2D eigenvalue weighted by atomic mass is 16.7. The Labute approximate surface area is 266 Å². The Kier molecular flexibility index (Phi) is 8.10. The van der Waals surface area contributed by atoms with Crippen molar-refractivity contribution >= 4 is 24.4 Å². The number of azide groups is 1. The molecule has 1 amide bonds. The van der Waals surface area contributed by atoms with Crippen molar-refractivity contribution in [1.82, 2.24) is 4.90 Å². The number of carbonyl (C=O) groups excluding carboxylic acids is 1. The predicted molar refractivity (Wildman–Crippen MR) is 178 cm³/mol. The molecule has 2 saturated heterocycles. The first-order chi connectivity index (χ1) is 21.4. The highest BCUT2D eigenvalue weighted by Gasteiger charge is 2.53. The first kappa shape index (κ1) is 31.0. The third kappa shape index (κ3) is 5.35. The van der Waals surface area contributed by atoms with Gasteiger partial charge in [-0.3, -0.25) is 0 Å². The van der Waals surface area contributed by atoms with Crippen LogP contribution < -0.4 is 10.4 Å². The minimum absolute atomic E-state index is 0.0309. The van der Waals surface area contributed by atoms with Crippen molar-refractivity contribution in [2.45, 2.75) is 72.1 Å². The molecule has 3 aromatic carbocycles. The number of amides is 1. The molecule has 0 unspecified atom stereocenters. The number of fused-ring (bicyclic) bond motifs is 3. The van der Waals surface area contributed by atoms with E-state index in [-0.39, 0.29) is 18.6 Å². The standard InChI is InChI=1S/C35H42BN5O4/c1-22-29(20-38-39-37)23(2)32(24(3)31(22)36-44-34(4,5)35(6,7)45-36)40-16-18-41(19-17-40)33(42)43-21-30-27-14-10-8-12-25(27)26-13-9-11-15-28(26)30/h8-15,30H,16-21H2,1-7H3. The van der Waals surface area contributed by atoms with Crippen LogP contribution in [0.2, 0.25) is 0 Å². The van der Waals surface area contributed by atoms with Gasteiger partial charge in [0.05, 0.1) is 17.7 Å². The number of rotatable bonds is 6. The number of hydrogen-bond acceptors (Lipinski definition) is 6. The second-order valence-corrected chi connectivity index (χ2v) is 13.4. The summed E-state index contributed by atoms with van der Waals surface area (Å²) in [5, 5.41) is 3.93. The van der Waals surface area contributed by atoms with Gasteiger partial charge < -0.3 is 23.8 Å². The largest absolute Gasteiger partial charge is 0.495 e. The van der Waals surface area contributed by atoms with Gasteiger partial charge in [-0.15, -0.1) is 0 Å². The van der Waals surface area contributed by atoms with Gasteiger partial charge in [-0.1, -0.05) is 53.6 Å². The fourth-order valence-electron chi connectivity index (χ4n) is 7.20. The zero-order valence-electron chi connectivity index (χ0n) is 27.4. The number of piperazine rings is 1. The molecule has 0 saturated carbocycles. The molecule has 0 radical (unpaired) electrons. The Morgan fingerprint density at radius 3 is 2.02 bits per heavy atom. The smallest absolute Gasteiger partial charge is 0.448 e. The van der Waals surface area contributed by atoms with Gasteiger partial charge in [-0.2, -0.15) is 0 Å². The number of anilines is 1. The van der Waals surface area contributed by atoms with Crippen molar-refractivity contribution in [2.75, 3.05) is 37.7 Å². The van der Waals surface area contributed by atoms with Crippen molar-refractivity contribution in [1.29, 1.82) is 0 Å². The van der Waals surface area contributed by atoms with Crippen LogP contribution in [0.3, 0.4) is 0 Å². The average Bonchev–Trinajstić information content (AvgIpc) is 3.44. The van der Waals surface area contributed by atoms with Crippen LogP contribution in [0.25, 0.3) is 21.6 Å². The Bertz CT molecular complexity index is 1630. The van der Waals surface area contributed by atoms with Crippen molar-refractivity contribution < 1.29 is 18.8 Å². The van der Waals surface area contributed by atoms with E-state index in [4.69, 9.17) is 19.6 Å². The van der Waals surface area contributed by atoms with Crippen LogP contribution in [0, 0.1) is 20.8 Å². The molecule has 10 heteroatoms. The summed E-state index contributed by atoms with van der Waals surface area (Å²) in [6.45, 7) is 17.4. The average molecular weight is 608 g/mol. The van der Waals surface area contributed by atoms with Gasteiger partial charge in [0, 0.05) is 42.7 Å². The minimum atomic E-state index is -0.540. The van der Waals surface area contributed by atoms with Gasteiger partial charge in [-0.25, -0.2) is 4.79 Å². The summed E-state index contributed by atoms with van der Waals surface area (Å²) in [6.07, 6.45) is -0.282. The molecule has 45 heavy (non-hydrogen) atoms. The van der Waals surface area contributed by atoms with E-state index in [2.05, 4.69) is 99.8 Å². The fraction of sp³-hybridized carbons (Fsp3) is 0.457. The van der Waals surface area contributed by atoms with Gasteiger partial charge in [0.1, 0.15) is 6.61 Å². The number of carbonyl (C=O) groups is 1. The van der Waals surface area contributed by atoms with E-state index >= 15 is 0 Å². The lowest BCUT2D eigenvalue weighted by Gasteiger charge is -2.38. The normalized spacial score (nSPS) is 18.4. The molecule has 9 nitrogen and oxygen atoms in total. The predicted octanol–water partition coefficient (Wildman–Crippen LogP) is 6.79. The van der Waals surface area contributed by atoms with Crippen LogP contribution in [-0.4, -0.2) is 62.1 Å². The van der Waals surface area contributed by atoms with E-state index < -0.39 is 18.3 Å². The maximum Gasteiger partial charge on any atom is 0.495 e. The lowest BCUT2D eigenvalue weighted by molar-refractivity contribution is 0.00578. The number of hydrogen-bond donors (Lipinski definition) is 0. The molecule has 2 fully saturated rings. The van der Waals surface area contributed by atoms with Gasteiger partial charge in [0.2, 0.25) is 0 Å². The van der Waals surface area contributed by atoms with Crippen LogP contribution >= 0.6 is 0 Å². The zero-order chi connectivity index (χ0) is 32.1. The first-order valence-corrected chi connectivity index (χ1v) is 15.8. The summed E-state index contributed by atoms with van der Waals surface area (Å²) in [4.78, 5) is 20.5. The van der Waals surface area contributed by atoms with Crippen LogP contribution in [0.4, 0.5) is 10.5 Å². The molecular weight excluding hydrogens is 565 g/mol. The molecular formula is C35H42BN5O4. The lowest BCUT2D eigenvalue weighted by atomic mass is 9.70. The van der Waals surface area contributed by atoms with Gasteiger partial charge in [0.15, 0.2) is 0 Å². The third-order valence-corrected chi connectivity index (χ3v) is 10.4. The van der Waals surface area contributed by atoms with Crippen LogP contribution in [0.15, 0.2) is 53.6 Å². The van der Waals surface area contributed by atoms with E-state index in [1.54, 1.807) is 4.90 Å². The fourth-order valence-corrected chi connectivity index (χ4v) is 7.20. The second kappa shape index (κ2) is 11.8. The molecule has 0 bridgehead atoms. The summed E-state index contributed by atoms with van der Waals surface area (Å²) >= 11 is 0.